The molecule has 0 saturated heterocycles. The second-order valence-electron chi connectivity index (χ2n) is 4.57. The van der Waals surface area contributed by atoms with Gasteiger partial charge in [-0.15, -0.1) is 12.6 Å². The third-order valence-corrected chi connectivity index (χ3v) is 2.53. The molecule has 0 aromatic carbocycles. The zero-order valence-electron chi connectivity index (χ0n) is 10.7. The molecule has 2 unspecified atom stereocenters. The highest BCUT2D eigenvalue weighted by atomic mass is 32.1. The van der Waals surface area contributed by atoms with Gasteiger partial charge in [0, 0.05) is 12.1 Å². The smallest absolute Gasteiger partial charge is 0.128 e. The second kappa shape index (κ2) is 9.43. The minimum absolute atomic E-state index is 0.194. The van der Waals surface area contributed by atoms with Crippen LogP contribution < -0.4 is 11.1 Å². The average molecular weight is 250 g/mol. The predicted octanol–water partition coefficient (Wildman–Crippen LogP) is 2.82. The largest absolute Gasteiger partial charge is 0.385 e. The van der Waals surface area contributed by atoms with Crippen molar-refractivity contribution in [2.45, 2.75) is 53.6 Å². The Morgan fingerprint density at radius 2 is 1.20 bits per heavy atom. The van der Waals surface area contributed by atoms with E-state index in [1.165, 1.54) is 0 Å². The lowest BCUT2D eigenvalue weighted by Crippen LogP contribution is -2.40. The molecule has 15 heavy (non-hydrogen) atoms. The summed E-state index contributed by atoms with van der Waals surface area (Å²) in [4.78, 5) is 0. The maximum Gasteiger partial charge on any atom is 0.128 e. The van der Waals surface area contributed by atoms with Crippen molar-refractivity contribution in [1.29, 1.82) is 0 Å². The summed E-state index contributed by atoms with van der Waals surface area (Å²) in [5.41, 5.74) is 4.71. The molecule has 0 saturated carbocycles. The van der Waals surface area contributed by atoms with E-state index in [2.05, 4.69) is 71.7 Å². The molecule has 2 nitrogen and oxygen atoms in total. The van der Waals surface area contributed by atoms with E-state index in [0.29, 0.717) is 12.1 Å². The van der Waals surface area contributed by atoms with Crippen LogP contribution in [0.15, 0.2) is 0 Å². The van der Waals surface area contributed by atoms with E-state index >= 15 is 0 Å². The van der Waals surface area contributed by atoms with Crippen molar-refractivity contribution in [2.75, 3.05) is 0 Å². The van der Waals surface area contributed by atoms with Crippen molar-refractivity contribution < 1.29 is 0 Å². The van der Waals surface area contributed by atoms with Crippen LogP contribution in [-0.4, -0.2) is 16.4 Å². The van der Waals surface area contributed by atoms with Crippen LogP contribution in [0, 0.1) is 11.8 Å². The molecular formula is C11H26N2S2. The summed E-state index contributed by atoms with van der Waals surface area (Å²) in [5.74, 6) is 1.47. The highest BCUT2D eigenvalue weighted by Gasteiger charge is 2.12. The zero-order valence-corrected chi connectivity index (χ0v) is 12.5. The number of hydrogen-bond acceptors (Lipinski definition) is 2. The van der Waals surface area contributed by atoms with Gasteiger partial charge in [0.25, 0.3) is 0 Å². The van der Waals surface area contributed by atoms with E-state index in [9.17, 15) is 0 Å². The van der Waals surface area contributed by atoms with Crippen molar-refractivity contribution in [2.24, 2.45) is 17.6 Å². The molecule has 0 heterocycles. The molecule has 2 atom stereocenters. The molecule has 0 radical (unpaired) electrons. The van der Waals surface area contributed by atoms with E-state index in [0.717, 1.165) is 11.8 Å². The molecule has 3 N–H and O–H groups in total. The minimum atomic E-state index is 0.194. The van der Waals surface area contributed by atoms with Crippen LogP contribution in [0.2, 0.25) is 0 Å². The SMILES string of the molecule is CC(C)C(C)NC(C)C(C)C.NC(=S)S. The lowest BCUT2D eigenvalue weighted by atomic mass is 10.0. The van der Waals surface area contributed by atoms with Gasteiger partial charge >= 0.3 is 0 Å². The van der Waals surface area contributed by atoms with Gasteiger partial charge < -0.3 is 11.1 Å². The second-order valence-corrected chi connectivity index (χ2v) is 5.79. The quantitative estimate of drug-likeness (QED) is 0.530. The average Bonchev–Trinajstić information content (AvgIpc) is 2.02. The molecule has 92 valence electrons. The number of rotatable bonds is 4. The third kappa shape index (κ3) is 14.2. The number of thiocarbonyl (C=S) groups is 1. The van der Waals surface area contributed by atoms with E-state index in [-0.39, 0.29) is 4.32 Å². The molecule has 0 fully saturated rings. The number of hydrogen-bond donors (Lipinski definition) is 3. The molecule has 0 amide bonds. The molecule has 0 aromatic rings. The fourth-order valence-electron chi connectivity index (χ4n) is 0.800. The molecule has 0 spiro atoms. The maximum absolute atomic E-state index is 4.71. The van der Waals surface area contributed by atoms with E-state index in [4.69, 9.17) is 5.73 Å². The van der Waals surface area contributed by atoms with Gasteiger partial charge in [-0.1, -0.05) is 39.9 Å². The van der Waals surface area contributed by atoms with Crippen LogP contribution in [0.1, 0.15) is 41.5 Å². The first kappa shape index (κ1) is 17.6. The summed E-state index contributed by atoms with van der Waals surface area (Å²) in [6, 6.07) is 1.26. The minimum Gasteiger partial charge on any atom is -0.385 e. The maximum atomic E-state index is 4.71. The van der Waals surface area contributed by atoms with Crippen molar-refractivity contribution in [3.05, 3.63) is 0 Å². The summed E-state index contributed by atoms with van der Waals surface area (Å²) < 4.78 is 0.194. The van der Waals surface area contributed by atoms with Gasteiger partial charge in [-0.25, -0.2) is 0 Å². The van der Waals surface area contributed by atoms with Crippen LogP contribution in [0.4, 0.5) is 0 Å². The van der Waals surface area contributed by atoms with E-state index < -0.39 is 0 Å². The molecule has 0 aromatic heterocycles. The number of nitrogens with two attached hydrogens (primary N) is 1. The molecule has 0 bridgehead atoms. The van der Waals surface area contributed by atoms with E-state index in [1.54, 1.807) is 0 Å². The summed E-state index contributed by atoms with van der Waals surface area (Å²) in [5, 5.41) is 3.58. The monoisotopic (exact) mass is 250 g/mol. The van der Waals surface area contributed by atoms with Gasteiger partial charge in [0.15, 0.2) is 0 Å². The van der Waals surface area contributed by atoms with Crippen LogP contribution >= 0.6 is 24.8 Å². The first-order chi connectivity index (χ1) is 6.68. The Morgan fingerprint density at radius 1 is 1.00 bits per heavy atom. The Morgan fingerprint density at radius 3 is 1.33 bits per heavy atom. The van der Waals surface area contributed by atoms with Gasteiger partial charge in [0.1, 0.15) is 4.32 Å². The molecule has 0 aliphatic rings. The lowest BCUT2D eigenvalue weighted by Gasteiger charge is -2.25. The van der Waals surface area contributed by atoms with Crippen molar-refractivity contribution in [1.82, 2.24) is 5.32 Å². The lowest BCUT2D eigenvalue weighted by molar-refractivity contribution is 0.335. The normalized spacial score (nSPS) is 14.5. The van der Waals surface area contributed by atoms with Crippen molar-refractivity contribution in [3.8, 4) is 0 Å². The van der Waals surface area contributed by atoms with Crippen LogP contribution in [0.5, 0.6) is 0 Å². The Labute approximate surface area is 106 Å². The summed E-state index contributed by atoms with van der Waals surface area (Å²) in [6.45, 7) is 13.5. The van der Waals surface area contributed by atoms with Crippen LogP contribution in [0.3, 0.4) is 0 Å². The summed E-state index contributed by atoms with van der Waals surface area (Å²) >= 11 is 7.65. The highest BCUT2D eigenvalue weighted by molar-refractivity contribution is 8.10. The Bertz CT molecular complexity index is 154. The summed E-state index contributed by atoms with van der Waals surface area (Å²) in [6.07, 6.45) is 0. The summed E-state index contributed by atoms with van der Waals surface area (Å²) in [7, 11) is 0. The van der Waals surface area contributed by atoms with Crippen LogP contribution in [-0.2, 0) is 0 Å². The third-order valence-electron chi connectivity index (χ3n) is 2.53. The topological polar surface area (TPSA) is 38.0 Å². The van der Waals surface area contributed by atoms with Crippen LogP contribution in [0.25, 0.3) is 0 Å². The van der Waals surface area contributed by atoms with Crippen molar-refractivity contribution >= 4 is 29.2 Å². The van der Waals surface area contributed by atoms with Gasteiger partial charge in [-0.3, -0.25) is 0 Å². The Hall–Kier alpha value is 0.200. The highest BCUT2D eigenvalue weighted by Crippen LogP contribution is 2.05. The predicted molar refractivity (Wildman–Crippen MR) is 77.5 cm³/mol. The Balaban J connectivity index is 0. The van der Waals surface area contributed by atoms with E-state index in [1.807, 2.05) is 0 Å². The first-order valence-corrected chi connectivity index (χ1v) is 6.28. The molecular weight excluding hydrogens is 224 g/mol. The zero-order chi connectivity index (χ0) is 12.6. The van der Waals surface area contributed by atoms with Gasteiger partial charge in [-0.2, -0.15) is 0 Å². The fraction of sp³-hybridized carbons (Fsp3) is 0.909. The Kier molecular flexibility index (Phi) is 11.1. The van der Waals surface area contributed by atoms with Crippen molar-refractivity contribution in [3.63, 3.8) is 0 Å². The molecule has 0 aliphatic heterocycles. The van der Waals surface area contributed by atoms with Gasteiger partial charge in [-0.05, 0) is 25.7 Å². The molecule has 0 rings (SSSR count). The first-order valence-electron chi connectivity index (χ1n) is 5.42. The molecule has 0 aliphatic carbocycles. The number of thiol groups is 1. The van der Waals surface area contributed by atoms with Gasteiger partial charge in [0.05, 0.1) is 0 Å². The number of nitrogens with one attached hydrogen (secondary N) is 1. The molecule has 4 heteroatoms. The van der Waals surface area contributed by atoms with Gasteiger partial charge in [0.2, 0.25) is 0 Å². The fourth-order valence-corrected chi connectivity index (χ4v) is 0.800. The standard InChI is InChI=1S/C10H23N.CH3NS2/c1-7(2)9(5)11-10(6)8(3)4;2-1(3)4/h7-11H,1-6H3;(H3,2,3,4).